The standard InChI is InChI=1S/2C47H63N3O.2C2H6/c2*1-3-5-7-9-11-13-15-20-24-41(25-21-16-14-12-10-8-6-4-2)47(51)50-46-36-34-45(35-37-46)49-44-32-30-43(31-33-44)48-42-28-26-40(27-29-42)38-39-22-18-17-19-23-39;2*1-2/h2*17-19,22-23,26-37,41H,3-16,20-21,24-25,38H2,1-2H3,(H,50,51);2*1-2H3. The van der Waals surface area contributed by atoms with E-state index < -0.39 is 0 Å². The summed E-state index contributed by atoms with van der Waals surface area (Å²) in [5.74, 6) is 0.530. The molecular weight excluding hydrogens is 1290 g/mol. The van der Waals surface area contributed by atoms with Gasteiger partial charge >= 0.3 is 0 Å². The summed E-state index contributed by atoms with van der Waals surface area (Å²) >= 11 is 0. The maximum Gasteiger partial charge on any atom is 0.227 e. The van der Waals surface area contributed by atoms with Crippen LogP contribution in [0.15, 0.2) is 226 Å². The molecule has 0 saturated heterocycles. The first-order valence-corrected chi connectivity index (χ1v) is 42.4. The van der Waals surface area contributed by atoms with Gasteiger partial charge < -0.3 is 10.6 Å². The quantitative estimate of drug-likeness (QED) is 0.0293. The van der Waals surface area contributed by atoms with E-state index in [0.717, 1.165) is 121 Å². The third kappa shape index (κ3) is 39.5. The molecule has 8 nitrogen and oxygen atoms in total. The lowest BCUT2D eigenvalue weighted by Crippen LogP contribution is -2.23. The van der Waals surface area contributed by atoms with Crippen molar-refractivity contribution in [3.8, 4) is 0 Å². The zero-order valence-electron chi connectivity index (χ0n) is 67.3. The van der Waals surface area contributed by atoms with Crippen molar-refractivity contribution in [1.29, 1.82) is 0 Å². The van der Waals surface area contributed by atoms with Gasteiger partial charge in [0.25, 0.3) is 0 Å². The van der Waals surface area contributed by atoms with Gasteiger partial charge in [0, 0.05) is 23.2 Å². The Morgan fingerprint density at radius 2 is 0.453 bits per heavy atom. The minimum atomic E-state index is 0.0886. The molecule has 2 aliphatic rings. The zero-order valence-corrected chi connectivity index (χ0v) is 67.3. The molecule has 2 N–H and O–H groups in total. The van der Waals surface area contributed by atoms with E-state index >= 15 is 0 Å². The van der Waals surface area contributed by atoms with Crippen molar-refractivity contribution in [2.45, 2.75) is 299 Å². The van der Waals surface area contributed by atoms with E-state index in [9.17, 15) is 9.59 Å². The molecule has 0 atom stereocenters. The van der Waals surface area contributed by atoms with Crippen LogP contribution in [0.1, 0.15) is 309 Å². The van der Waals surface area contributed by atoms with Crippen LogP contribution in [0, 0.1) is 11.8 Å². The van der Waals surface area contributed by atoms with E-state index in [-0.39, 0.29) is 23.7 Å². The number of rotatable bonds is 48. The van der Waals surface area contributed by atoms with E-state index in [1.807, 2.05) is 137 Å². The van der Waals surface area contributed by atoms with Gasteiger partial charge in [-0.2, -0.15) is 0 Å². The van der Waals surface area contributed by atoms with Gasteiger partial charge in [0.15, 0.2) is 0 Å². The summed E-state index contributed by atoms with van der Waals surface area (Å²) in [4.78, 5) is 46.1. The van der Waals surface area contributed by atoms with Crippen molar-refractivity contribution in [2.24, 2.45) is 31.8 Å². The summed E-state index contributed by atoms with van der Waals surface area (Å²) in [6.45, 7) is 17.1. The number of hydrogen-bond donors (Lipinski definition) is 2. The number of carbonyl (C=O) groups excluding carboxylic acids is 2. The molecule has 8 rings (SSSR count). The fourth-order valence-electron chi connectivity index (χ4n) is 13.5. The summed E-state index contributed by atoms with van der Waals surface area (Å²) in [5.41, 5.74) is 14.0. The molecule has 0 saturated carbocycles. The Hall–Kier alpha value is -8.10. The molecule has 106 heavy (non-hydrogen) atoms. The highest BCUT2D eigenvalue weighted by Gasteiger charge is 2.20. The number of unbranched alkanes of at least 4 members (excludes halogenated alkanes) is 28. The van der Waals surface area contributed by atoms with Crippen LogP contribution in [-0.4, -0.2) is 34.7 Å². The van der Waals surface area contributed by atoms with Crippen LogP contribution in [0.5, 0.6) is 0 Å². The first kappa shape index (κ1) is 88.5. The predicted octanol–water partition coefficient (Wildman–Crippen LogP) is 29.8. The van der Waals surface area contributed by atoms with Crippen molar-refractivity contribution in [2.75, 3.05) is 10.6 Å². The second-order valence-corrected chi connectivity index (χ2v) is 28.7. The highest BCUT2D eigenvalue weighted by atomic mass is 16.2. The van der Waals surface area contributed by atoms with Gasteiger partial charge in [-0.3, -0.25) is 9.59 Å². The molecule has 0 radical (unpaired) electrons. The molecule has 2 amide bonds. The van der Waals surface area contributed by atoms with Crippen LogP contribution in [0.4, 0.5) is 34.1 Å². The smallest absolute Gasteiger partial charge is 0.227 e. The maximum absolute atomic E-state index is 13.5. The number of amides is 2. The SMILES string of the molecule is CC.CC.CCCCCCCCCCC(CCCCCCCCCC)C(=O)Nc1ccc(N=C2C=CC(=Nc3ccc(Cc4ccccc4)cc3)C=C2)cc1.CCCCCCCCCCC(CCCCCCCCCC)C(=O)Nc1ccc(N=C2C=CC(=Nc3ccc(Cc4ccccc4)cc3)C=C2)cc1. The van der Waals surface area contributed by atoms with Gasteiger partial charge in [0.1, 0.15) is 0 Å². The Kier molecular flexibility index (Phi) is 48.5. The molecule has 6 aromatic carbocycles. The van der Waals surface area contributed by atoms with Crippen molar-refractivity contribution < 1.29 is 9.59 Å². The topological polar surface area (TPSA) is 108 Å². The molecule has 6 aromatic rings. The Morgan fingerprint density at radius 1 is 0.255 bits per heavy atom. The normalized spacial score (nSPS) is 12.1. The molecule has 572 valence electrons. The highest BCUT2D eigenvalue weighted by molar-refractivity contribution is 6.20. The van der Waals surface area contributed by atoms with Crippen LogP contribution >= 0.6 is 0 Å². The molecule has 0 fully saturated rings. The molecule has 0 aliphatic heterocycles. The van der Waals surface area contributed by atoms with E-state index in [0.29, 0.717) is 0 Å². The van der Waals surface area contributed by atoms with Gasteiger partial charge in [-0.15, -0.1) is 0 Å². The Labute approximate surface area is 645 Å². The van der Waals surface area contributed by atoms with Gasteiger partial charge in [-0.25, -0.2) is 20.0 Å². The fraction of sp³-hybridized carbons (Fsp3) is 0.490. The summed E-state index contributed by atoms with van der Waals surface area (Å²) in [6.07, 6.45) is 63.3. The second kappa shape index (κ2) is 58.1. The molecular formula is C98H138N6O2. The van der Waals surface area contributed by atoms with Crippen molar-refractivity contribution >= 4 is 68.8 Å². The lowest BCUT2D eigenvalue weighted by atomic mass is 9.93. The van der Waals surface area contributed by atoms with Gasteiger partial charge in [-0.1, -0.05) is 346 Å². The number of anilines is 2. The number of nitrogens with one attached hydrogen (secondary N) is 2. The van der Waals surface area contributed by atoms with E-state index in [4.69, 9.17) is 20.0 Å². The summed E-state index contributed by atoms with van der Waals surface area (Å²) in [6, 6.07) is 53.8. The van der Waals surface area contributed by atoms with Crippen molar-refractivity contribution in [1.82, 2.24) is 0 Å². The number of carbonyl (C=O) groups is 2. The summed E-state index contributed by atoms with van der Waals surface area (Å²) in [7, 11) is 0. The third-order valence-corrected chi connectivity index (χ3v) is 19.7. The maximum atomic E-state index is 13.5. The van der Waals surface area contributed by atoms with E-state index in [2.05, 4.69) is 135 Å². The molecule has 8 heteroatoms. The van der Waals surface area contributed by atoms with Crippen LogP contribution in [0.2, 0.25) is 0 Å². The first-order chi connectivity index (χ1) is 52.2. The van der Waals surface area contributed by atoms with Crippen molar-refractivity contribution in [3.63, 3.8) is 0 Å². The Balaban J connectivity index is 0.000000364. The number of aliphatic imine (C=N–C) groups is 4. The van der Waals surface area contributed by atoms with Gasteiger partial charge in [0.2, 0.25) is 11.8 Å². The number of allylic oxidation sites excluding steroid dienone is 8. The minimum Gasteiger partial charge on any atom is -0.326 e. The Morgan fingerprint density at radius 3 is 0.679 bits per heavy atom. The fourth-order valence-corrected chi connectivity index (χ4v) is 13.5. The number of benzene rings is 6. The van der Waals surface area contributed by atoms with Gasteiger partial charge in [0.05, 0.1) is 45.6 Å². The summed E-state index contributed by atoms with van der Waals surface area (Å²) in [5, 5.41) is 6.47. The molecule has 2 aliphatic carbocycles. The first-order valence-electron chi connectivity index (χ1n) is 42.4. The molecule has 0 unspecified atom stereocenters. The van der Waals surface area contributed by atoms with E-state index in [1.165, 1.54) is 202 Å². The molecule has 0 spiro atoms. The monoisotopic (exact) mass is 1430 g/mol. The Bertz CT molecular complexity index is 3190. The average molecular weight is 1430 g/mol. The zero-order chi connectivity index (χ0) is 75.5. The highest BCUT2D eigenvalue weighted by Crippen LogP contribution is 2.28. The second-order valence-electron chi connectivity index (χ2n) is 28.7. The van der Waals surface area contributed by atoms with Crippen molar-refractivity contribution in [3.05, 3.63) is 229 Å². The third-order valence-electron chi connectivity index (χ3n) is 19.7. The number of hydrogen-bond acceptors (Lipinski definition) is 6. The molecule has 0 heterocycles. The largest absolute Gasteiger partial charge is 0.326 e. The van der Waals surface area contributed by atoms with Crippen LogP contribution in [0.3, 0.4) is 0 Å². The van der Waals surface area contributed by atoms with Crippen LogP contribution < -0.4 is 10.6 Å². The van der Waals surface area contributed by atoms with Crippen LogP contribution in [0.25, 0.3) is 0 Å². The molecule has 0 aromatic heterocycles. The van der Waals surface area contributed by atoms with E-state index in [1.54, 1.807) is 0 Å². The predicted molar refractivity (Wildman–Crippen MR) is 465 cm³/mol. The van der Waals surface area contributed by atoms with Gasteiger partial charge in [-0.05, 0) is 182 Å². The number of nitrogens with zero attached hydrogens (tertiary/aromatic N) is 4. The van der Waals surface area contributed by atoms with Crippen LogP contribution in [-0.2, 0) is 22.4 Å². The lowest BCUT2D eigenvalue weighted by molar-refractivity contribution is -0.121. The minimum absolute atomic E-state index is 0.0886. The molecule has 0 bridgehead atoms. The lowest BCUT2D eigenvalue weighted by Gasteiger charge is -2.17. The summed E-state index contributed by atoms with van der Waals surface area (Å²) < 4.78 is 0. The average Bonchev–Trinajstić information content (AvgIpc) is 0.870.